The van der Waals surface area contributed by atoms with E-state index in [4.69, 9.17) is 16.8 Å². The van der Waals surface area contributed by atoms with E-state index in [0.717, 1.165) is 29.2 Å². The molecule has 2 aromatic rings. The highest BCUT2D eigenvalue weighted by atomic mass is 35.5. The maximum absolute atomic E-state index is 14.4. The largest absolute Gasteiger partial charge is 0.312 e. The number of nitrogens with one attached hydrogen (secondary N) is 1. The Bertz CT molecular complexity index is 1040. The Balaban J connectivity index is 2.34. The lowest BCUT2D eigenvalue weighted by Crippen LogP contribution is -2.39. The molecule has 0 unspecified atom stereocenters. The van der Waals surface area contributed by atoms with E-state index in [-0.39, 0.29) is 29.1 Å². The van der Waals surface area contributed by atoms with Crippen molar-refractivity contribution in [3.05, 3.63) is 57.5 Å². The molecule has 1 aromatic heterocycles. The first-order chi connectivity index (χ1) is 12.5. The molecule has 2 rings (SSSR count). The monoisotopic (exact) mass is 420 g/mol. The molecule has 0 aliphatic carbocycles. The number of carbonyl (C=O) groups is 1. The molecule has 0 saturated heterocycles. The van der Waals surface area contributed by atoms with Crippen LogP contribution in [0.25, 0.3) is 11.1 Å². The van der Waals surface area contributed by atoms with E-state index in [2.05, 4.69) is 0 Å². The summed E-state index contributed by atoms with van der Waals surface area (Å²) in [5, 5.41) is 7.13. The van der Waals surface area contributed by atoms with Crippen molar-refractivity contribution in [2.45, 2.75) is 18.2 Å². The fourth-order valence-corrected chi connectivity index (χ4v) is 3.64. The van der Waals surface area contributed by atoms with Gasteiger partial charge in [0.05, 0.1) is 0 Å². The van der Waals surface area contributed by atoms with Gasteiger partial charge in [0.1, 0.15) is 16.9 Å². The van der Waals surface area contributed by atoms with Crippen LogP contribution in [0.2, 0.25) is 5.02 Å². The number of pyridine rings is 1. The van der Waals surface area contributed by atoms with E-state index >= 15 is 0 Å². The van der Waals surface area contributed by atoms with Crippen LogP contribution in [0.3, 0.4) is 0 Å². The summed E-state index contributed by atoms with van der Waals surface area (Å²) in [6.07, 6.45) is 1.21. The second kappa shape index (κ2) is 8.15. The van der Waals surface area contributed by atoms with Crippen molar-refractivity contribution in [2.75, 3.05) is 6.26 Å². The summed E-state index contributed by atoms with van der Waals surface area (Å²) in [6, 6.07) is 4.41. The first-order valence-corrected chi connectivity index (χ1v) is 9.86. The number of hydroxylamine groups is 1. The SMILES string of the molecule is CS(=O)(=O)[C@H](CCn1cc(F)c(-c2ccc(Cl)cc2F)cc1=O)C(=O)NO. The van der Waals surface area contributed by atoms with Gasteiger partial charge >= 0.3 is 0 Å². The Morgan fingerprint density at radius 3 is 2.48 bits per heavy atom. The van der Waals surface area contributed by atoms with Crippen molar-refractivity contribution in [1.29, 1.82) is 0 Å². The number of halogens is 3. The van der Waals surface area contributed by atoms with Crippen LogP contribution in [-0.4, -0.2) is 35.6 Å². The summed E-state index contributed by atoms with van der Waals surface area (Å²) in [6.45, 7) is -0.315. The maximum Gasteiger partial charge on any atom is 0.261 e. The second-order valence-corrected chi connectivity index (χ2v) is 8.44. The normalized spacial score (nSPS) is 12.6. The molecule has 1 aromatic carbocycles. The molecule has 0 bridgehead atoms. The van der Waals surface area contributed by atoms with Crippen molar-refractivity contribution >= 4 is 27.3 Å². The van der Waals surface area contributed by atoms with Crippen LogP contribution in [0.15, 0.2) is 35.3 Å². The maximum atomic E-state index is 14.4. The lowest BCUT2D eigenvalue weighted by Gasteiger charge is -2.14. The third-order valence-corrected chi connectivity index (χ3v) is 5.57. The summed E-state index contributed by atoms with van der Waals surface area (Å²) < 4.78 is 52.5. The number of aromatic nitrogens is 1. The number of hydrogen-bond donors (Lipinski definition) is 2. The van der Waals surface area contributed by atoms with Gasteiger partial charge in [0.15, 0.2) is 9.84 Å². The fraction of sp³-hybridized carbons (Fsp3) is 0.250. The molecule has 1 heterocycles. The molecule has 27 heavy (non-hydrogen) atoms. The van der Waals surface area contributed by atoms with Gasteiger partial charge in [-0.05, 0) is 24.6 Å². The number of rotatable bonds is 6. The van der Waals surface area contributed by atoms with Gasteiger partial charge in [-0.1, -0.05) is 11.6 Å². The minimum absolute atomic E-state index is 0.110. The summed E-state index contributed by atoms with van der Waals surface area (Å²) in [5.41, 5.74) is 0.0816. The van der Waals surface area contributed by atoms with Crippen LogP contribution in [0.1, 0.15) is 6.42 Å². The van der Waals surface area contributed by atoms with Gasteiger partial charge in [-0.15, -0.1) is 0 Å². The molecule has 0 fully saturated rings. The van der Waals surface area contributed by atoms with Gasteiger partial charge in [-0.25, -0.2) is 22.7 Å². The molecular weight excluding hydrogens is 406 g/mol. The van der Waals surface area contributed by atoms with Crippen molar-refractivity contribution in [1.82, 2.24) is 10.0 Å². The molecule has 2 N–H and O–H groups in total. The molecule has 11 heteroatoms. The van der Waals surface area contributed by atoms with Gasteiger partial charge in [-0.2, -0.15) is 0 Å². The van der Waals surface area contributed by atoms with E-state index in [1.807, 2.05) is 0 Å². The number of carbonyl (C=O) groups excluding carboxylic acids is 1. The number of amides is 1. The molecule has 0 aliphatic heterocycles. The molecule has 1 atom stereocenters. The van der Waals surface area contributed by atoms with Crippen molar-refractivity contribution in [3.63, 3.8) is 0 Å². The zero-order chi connectivity index (χ0) is 20.4. The molecule has 0 saturated carbocycles. The van der Waals surface area contributed by atoms with Crippen molar-refractivity contribution in [2.24, 2.45) is 0 Å². The third-order valence-electron chi connectivity index (χ3n) is 3.85. The first-order valence-electron chi connectivity index (χ1n) is 7.53. The summed E-state index contributed by atoms with van der Waals surface area (Å²) in [4.78, 5) is 23.7. The van der Waals surface area contributed by atoms with E-state index in [0.29, 0.717) is 0 Å². The predicted molar refractivity (Wildman–Crippen MR) is 94.2 cm³/mol. The number of hydrogen-bond acceptors (Lipinski definition) is 5. The Morgan fingerprint density at radius 1 is 1.26 bits per heavy atom. The fourth-order valence-electron chi connectivity index (χ4n) is 2.50. The van der Waals surface area contributed by atoms with Gasteiger partial charge in [0.2, 0.25) is 0 Å². The number of sulfone groups is 1. The van der Waals surface area contributed by atoms with Crippen LogP contribution >= 0.6 is 11.6 Å². The third kappa shape index (κ3) is 4.90. The smallest absolute Gasteiger partial charge is 0.261 e. The van der Waals surface area contributed by atoms with E-state index in [9.17, 15) is 26.8 Å². The van der Waals surface area contributed by atoms with Crippen molar-refractivity contribution in [3.8, 4) is 11.1 Å². The Morgan fingerprint density at radius 2 is 1.93 bits per heavy atom. The highest BCUT2D eigenvalue weighted by Crippen LogP contribution is 2.26. The molecule has 146 valence electrons. The molecule has 0 spiro atoms. The molecular formula is C16H15ClF2N2O5S. The first kappa shape index (κ1) is 21.0. The van der Waals surface area contributed by atoms with Crippen LogP contribution in [0.4, 0.5) is 8.78 Å². The van der Waals surface area contributed by atoms with E-state index in [1.165, 1.54) is 17.6 Å². The van der Waals surface area contributed by atoms with Crippen LogP contribution in [-0.2, 0) is 21.2 Å². The molecule has 1 amide bonds. The second-order valence-electron chi connectivity index (χ2n) is 5.77. The quantitative estimate of drug-likeness (QED) is 0.547. The van der Waals surface area contributed by atoms with Gasteiger partial charge in [-0.3, -0.25) is 14.8 Å². The highest BCUT2D eigenvalue weighted by Gasteiger charge is 2.28. The molecule has 0 radical (unpaired) electrons. The summed E-state index contributed by atoms with van der Waals surface area (Å²) >= 11 is 5.65. The predicted octanol–water partition coefficient (Wildman–Crippen LogP) is 1.76. The molecule has 7 nitrogen and oxygen atoms in total. The van der Waals surface area contributed by atoms with E-state index < -0.39 is 38.2 Å². The lowest BCUT2D eigenvalue weighted by atomic mass is 10.1. The summed E-state index contributed by atoms with van der Waals surface area (Å²) in [5.74, 6) is -2.89. The van der Waals surface area contributed by atoms with E-state index in [1.54, 1.807) is 0 Å². The van der Waals surface area contributed by atoms with Crippen LogP contribution in [0, 0.1) is 11.6 Å². The number of aryl methyl sites for hydroxylation is 1. The minimum Gasteiger partial charge on any atom is -0.312 e. The number of nitrogens with zero attached hydrogens (tertiary/aromatic N) is 1. The zero-order valence-corrected chi connectivity index (χ0v) is 15.5. The van der Waals surface area contributed by atoms with Gasteiger partial charge < -0.3 is 4.57 Å². The summed E-state index contributed by atoms with van der Waals surface area (Å²) in [7, 11) is -3.87. The van der Waals surface area contributed by atoms with Gasteiger partial charge in [0, 0.05) is 41.2 Å². The van der Waals surface area contributed by atoms with Crippen molar-refractivity contribution < 1.29 is 27.2 Å². The molecule has 0 aliphatic rings. The highest BCUT2D eigenvalue weighted by molar-refractivity contribution is 7.92. The zero-order valence-electron chi connectivity index (χ0n) is 13.9. The Kier molecular flexibility index (Phi) is 6.34. The average molecular weight is 421 g/mol. The topological polar surface area (TPSA) is 105 Å². The Labute approximate surface area is 158 Å². The average Bonchev–Trinajstić information content (AvgIpc) is 2.56. The van der Waals surface area contributed by atoms with Gasteiger partial charge in [0.25, 0.3) is 11.5 Å². The minimum atomic E-state index is -3.87. The Hall–Kier alpha value is -2.30. The van der Waals surface area contributed by atoms with Crippen LogP contribution < -0.4 is 11.0 Å². The standard InChI is InChI=1S/C16H15ClF2N2O5S/c1-27(25,26)14(16(23)20-24)4-5-21-8-13(19)11(7-15(21)22)10-3-2-9(17)6-12(10)18/h2-3,6-8,14,24H,4-5H2,1H3,(H,20,23)/t14-/m1/s1. The van der Waals surface area contributed by atoms with Crippen LogP contribution in [0.5, 0.6) is 0 Å². The lowest BCUT2D eigenvalue weighted by molar-refractivity contribution is -0.128. The number of benzene rings is 1.